The summed E-state index contributed by atoms with van der Waals surface area (Å²) in [5, 5.41) is 2.72. The van der Waals surface area contributed by atoms with Crippen molar-refractivity contribution in [2.75, 3.05) is 17.2 Å². The highest BCUT2D eigenvalue weighted by Crippen LogP contribution is 2.34. The maximum absolute atomic E-state index is 12.9. The number of anilines is 1. The molecule has 6 heteroatoms. The maximum atomic E-state index is 12.9. The lowest BCUT2D eigenvalue weighted by atomic mass is 10.1. The van der Waals surface area contributed by atoms with Crippen molar-refractivity contribution in [1.82, 2.24) is 9.97 Å². The van der Waals surface area contributed by atoms with Crippen LogP contribution in [-0.2, 0) is 6.54 Å². The third kappa shape index (κ3) is 3.23. The summed E-state index contributed by atoms with van der Waals surface area (Å²) in [5.41, 5.74) is 3.17. The Labute approximate surface area is 171 Å². The number of thioether (sulfide) groups is 1. The molecule has 1 aliphatic heterocycles. The Hall–Kier alpha value is -2.57. The molecule has 0 fully saturated rings. The van der Waals surface area contributed by atoms with Crippen molar-refractivity contribution in [1.29, 1.82) is 0 Å². The topological polar surface area (TPSA) is 49.0 Å². The number of nitrogens with zero attached hydrogens (tertiary/aromatic N) is 2. The van der Waals surface area contributed by atoms with Gasteiger partial charge < -0.3 is 9.88 Å². The molecule has 3 heterocycles. The van der Waals surface area contributed by atoms with Gasteiger partial charge in [-0.3, -0.25) is 4.79 Å². The Kier molecular flexibility index (Phi) is 4.66. The van der Waals surface area contributed by atoms with Gasteiger partial charge in [0.1, 0.15) is 10.7 Å². The molecule has 2 aromatic heterocycles. The SMILES string of the molecule is O=c1[nH]c(CN2CCCSc3ccccc32)nc2scc(-c3ccccc3)c12. The molecular weight excluding hydrogens is 386 g/mol. The minimum atomic E-state index is -0.0578. The van der Waals surface area contributed by atoms with E-state index in [0.717, 1.165) is 40.5 Å². The van der Waals surface area contributed by atoms with Gasteiger partial charge >= 0.3 is 0 Å². The monoisotopic (exact) mass is 405 g/mol. The number of benzene rings is 2. The Morgan fingerprint density at radius 3 is 2.79 bits per heavy atom. The molecule has 0 bridgehead atoms. The summed E-state index contributed by atoms with van der Waals surface area (Å²) in [7, 11) is 0. The van der Waals surface area contributed by atoms with Crippen LogP contribution in [0.5, 0.6) is 0 Å². The normalized spacial score (nSPS) is 14.1. The van der Waals surface area contributed by atoms with Crippen LogP contribution in [0.25, 0.3) is 21.3 Å². The molecule has 0 atom stereocenters. The van der Waals surface area contributed by atoms with Gasteiger partial charge in [-0.1, -0.05) is 42.5 Å². The average Bonchev–Trinajstić information content (AvgIpc) is 3.05. The van der Waals surface area contributed by atoms with E-state index in [4.69, 9.17) is 4.98 Å². The van der Waals surface area contributed by atoms with Gasteiger partial charge in [0.2, 0.25) is 0 Å². The minimum Gasteiger partial charge on any atom is -0.363 e. The number of fused-ring (bicyclic) bond motifs is 2. The summed E-state index contributed by atoms with van der Waals surface area (Å²) in [5.74, 6) is 1.84. The number of aromatic amines is 1. The highest BCUT2D eigenvalue weighted by molar-refractivity contribution is 7.99. The van der Waals surface area contributed by atoms with Crippen molar-refractivity contribution in [2.24, 2.45) is 0 Å². The molecule has 140 valence electrons. The zero-order valence-corrected chi connectivity index (χ0v) is 16.9. The highest BCUT2D eigenvalue weighted by Gasteiger charge is 2.18. The van der Waals surface area contributed by atoms with Gasteiger partial charge in [-0.15, -0.1) is 23.1 Å². The first-order valence-corrected chi connectivity index (χ1v) is 11.2. The second-order valence-corrected chi connectivity index (χ2v) is 8.79. The number of thiophene rings is 1. The Morgan fingerprint density at radius 1 is 1.07 bits per heavy atom. The van der Waals surface area contributed by atoms with E-state index in [-0.39, 0.29) is 5.56 Å². The lowest BCUT2D eigenvalue weighted by Crippen LogP contribution is -2.26. The summed E-state index contributed by atoms with van der Waals surface area (Å²) in [6, 6.07) is 18.5. The standard InChI is InChI=1S/C22H19N3OS2/c26-21-20-16(15-7-2-1-3-8-15)14-28-22(20)24-19(23-21)13-25-11-6-12-27-18-10-5-4-9-17(18)25/h1-5,7-10,14H,6,11-13H2,(H,23,24,26). The van der Waals surface area contributed by atoms with Gasteiger partial charge in [-0.25, -0.2) is 4.98 Å². The fraction of sp³-hybridized carbons (Fsp3) is 0.182. The first kappa shape index (κ1) is 17.5. The number of aromatic nitrogens is 2. The summed E-state index contributed by atoms with van der Waals surface area (Å²) in [6.07, 6.45) is 1.11. The largest absolute Gasteiger partial charge is 0.363 e. The number of rotatable bonds is 3. The van der Waals surface area contributed by atoms with Crippen LogP contribution in [0.2, 0.25) is 0 Å². The van der Waals surface area contributed by atoms with Crippen molar-refractivity contribution >= 4 is 39.0 Å². The quantitative estimate of drug-likeness (QED) is 0.512. The van der Waals surface area contributed by atoms with Crippen molar-refractivity contribution in [2.45, 2.75) is 17.9 Å². The third-order valence-corrected chi connectivity index (χ3v) is 6.98. The fourth-order valence-corrected chi connectivity index (χ4v) is 5.62. The molecule has 28 heavy (non-hydrogen) atoms. The molecule has 4 aromatic rings. The molecule has 1 aliphatic rings. The van der Waals surface area contributed by atoms with Gasteiger partial charge in [0, 0.05) is 22.4 Å². The molecule has 0 unspecified atom stereocenters. The number of hydrogen-bond donors (Lipinski definition) is 1. The molecule has 0 saturated heterocycles. The number of para-hydroxylation sites is 1. The zero-order chi connectivity index (χ0) is 18.9. The molecule has 1 N–H and O–H groups in total. The lowest BCUT2D eigenvalue weighted by molar-refractivity contribution is 0.740. The predicted octanol–water partition coefficient (Wildman–Crippen LogP) is 5.15. The van der Waals surface area contributed by atoms with Crippen molar-refractivity contribution < 1.29 is 0 Å². The molecule has 0 aliphatic carbocycles. The average molecular weight is 406 g/mol. The zero-order valence-electron chi connectivity index (χ0n) is 15.2. The van der Waals surface area contributed by atoms with E-state index in [2.05, 4.69) is 34.1 Å². The molecule has 2 aromatic carbocycles. The van der Waals surface area contributed by atoms with Gasteiger partial charge in [-0.2, -0.15) is 0 Å². The van der Waals surface area contributed by atoms with E-state index in [0.29, 0.717) is 11.9 Å². The van der Waals surface area contributed by atoms with Gasteiger partial charge in [0.05, 0.1) is 17.6 Å². The molecular formula is C22H19N3OS2. The van der Waals surface area contributed by atoms with Gasteiger partial charge in [0.15, 0.2) is 0 Å². The van der Waals surface area contributed by atoms with Crippen LogP contribution in [0.15, 0.2) is 69.7 Å². The first-order valence-electron chi connectivity index (χ1n) is 9.32. The van der Waals surface area contributed by atoms with Crippen LogP contribution < -0.4 is 10.5 Å². The molecule has 4 nitrogen and oxygen atoms in total. The van der Waals surface area contributed by atoms with Crippen molar-refractivity contribution in [3.8, 4) is 11.1 Å². The maximum Gasteiger partial charge on any atom is 0.260 e. The summed E-state index contributed by atoms with van der Waals surface area (Å²) >= 11 is 3.43. The van der Waals surface area contributed by atoms with Crippen LogP contribution in [-0.4, -0.2) is 22.3 Å². The number of nitrogens with one attached hydrogen (secondary N) is 1. The van der Waals surface area contributed by atoms with E-state index in [9.17, 15) is 4.79 Å². The fourth-order valence-electron chi connectivity index (χ4n) is 3.64. The smallest absolute Gasteiger partial charge is 0.260 e. The molecule has 5 rings (SSSR count). The number of hydrogen-bond acceptors (Lipinski definition) is 5. The van der Waals surface area contributed by atoms with E-state index < -0.39 is 0 Å². The van der Waals surface area contributed by atoms with E-state index >= 15 is 0 Å². The molecule has 0 spiro atoms. The number of H-pyrrole nitrogens is 1. The van der Waals surface area contributed by atoms with E-state index in [1.54, 1.807) is 0 Å². The molecule has 0 amide bonds. The Balaban J connectivity index is 1.52. The van der Waals surface area contributed by atoms with Crippen LogP contribution in [0.1, 0.15) is 12.2 Å². The third-order valence-electron chi connectivity index (χ3n) is 4.95. The second kappa shape index (κ2) is 7.45. The first-order chi connectivity index (χ1) is 13.8. The lowest BCUT2D eigenvalue weighted by Gasteiger charge is -2.23. The van der Waals surface area contributed by atoms with Crippen molar-refractivity contribution in [3.05, 3.63) is 76.2 Å². The highest BCUT2D eigenvalue weighted by atomic mass is 32.2. The van der Waals surface area contributed by atoms with Crippen LogP contribution >= 0.6 is 23.1 Å². The molecule has 0 radical (unpaired) electrons. The van der Waals surface area contributed by atoms with E-state index in [1.165, 1.54) is 21.9 Å². The van der Waals surface area contributed by atoms with E-state index in [1.807, 2.05) is 47.5 Å². The van der Waals surface area contributed by atoms with Gasteiger partial charge in [0.25, 0.3) is 5.56 Å². The Bertz CT molecular complexity index is 1180. The predicted molar refractivity (Wildman–Crippen MR) is 119 cm³/mol. The van der Waals surface area contributed by atoms with Gasteiger partial charge in [-0.05, 0) is 29.9 Å². The minimum absolute atomic E-state index is 0.0578. The summed E-state index contributed by atoms with van der Waals surface area (Å²) in [4.78, 5) is 25.2. The summed E-state index contributed by atoms with van der Waals surface area (Å²) < 4.78 is 0. The van der Waals surface area contributed by atoms with Crippen molar-refractivity contribution in [3.63, 3.8) is 0 Å². The summed E-state index contributed by atoms with van der Waals surface area (Å²) in [6.45, 7) is 1.58. The van der Waals surface area contributed by atoms with Crippen LogP contribution in [0.3, 0.4) is 0 Å². The van der Waals surface area contributed by atoms with Crippen LogP contribution in [0, 0.1) is 0 Å². The Morgan fingerprint density at radius 2 is 1.89 bits per heavy atom. The molecule has 0 saturated carbocycles. The van der Waals surface area contributed by atoms with Crippen LogP contribution in [0.4, 0.5) is 5.69 Å². The second-order valence-electron chi connectivity index (χ2n) is 6.80.